The van der Waals surface area contributed by atoms with E-state index in [1.165, 1.54) is 12.7 Å². The summed E-state index contributed by atoms with van der Waals surface area (Å²) in [4.78, 5) is 24.9. The van der Waals surface area contributed by atoms with Crippen molar-refractivity contribution in [2.24, 2.45) is 0 Å². The minimum absolute atomic E-state index is 0.0512. The minimum Gasteiger partial charge on any atom is -0.338 e. The molecule has 0 saturated carbocycles. The van der Waals surface area contributed by atoms with Crippen molar-refractivity contribution in [2.75, 3.05) is 31.1 Å². The van der Waals surface area contributed by atoms with E-state index in [1.807, 2.05) is 35.2 Å². The number of carbonyl (C=O) groups is 1. The van der Waals surface area contributed by atoms with Crippen LogP contribution in [0.4, 0.5) is 10.7 Å². The number of nitrogens with zero attached hydrogens (tertiary/aromatic N) is 7. The number of urea groups is 1. The van der Waals surface area contributed by atoms with Gasteiger partial charge in [0.2, 0.25) is 5.95 Å². The first-order chi connectivity index (χ1) is 13.8. The highest BCUT2D eigenvalue weighted by molar-refractivity contribution is 5.75. The van der Waals surface area contributed by atoms with Crippen LogP contribution >= 0.6 is 0 Å². The van der Waals surface area contributed by atoms with E-state index in [2.05, 4.69) is 35.5 Å². The highest BCUT2D eigenvalue weighted by atomic mass is 16.2. The number of nitrogens with one attached hydrogen (secondary N) is 2. The molecule has 2 N–H and O–H groups in total. The lowest BCUT2D eigenvalue weighted by Gasteiger charge is -2.35. The van der Waals surface area contributed by atoms with Gasteiger partial charge in [-0.25, -0.2) is 14.9 Å². The Labute approximate surface area is 162 Å². The van der Waals surface area contributed by atoms with Crippen LogP contribution in [0.2, 0.25) is 0 Å². The maximum Gasteiger partial charge on any atom is 0.318 e. The number of aryl methyl sites for hydroxylation is 1. The largest absolute Gasteiger partial charge is 0.338 e. The Morgan fingerprint density at radius 1 is 1.14 bits per heavy atom. The van der Waals surface area contributed by atoms with Gasteiger partial charge in [0.25, 0.3) is 0 Å². The molecule has 2 aromatic heterocycles. The molecule has 28 heavy (non-hydrogen) atoms. The standard InChI is InChI=1S/C18H23N9O/c28-18(26-10-8-25(9-11-26)17-20-13-21-24-17)23-16(15-4-2-1-3-5-15)6-7-27-14-19-12-22-27/h1-5,12-14,16H,6-11H2,(H,23,28)(H,20,21,24)/t16-/m1/s1. The van der Waals surface area contributed by atoms with Crippen molar-refractivity contribution in [1.29, 1.82) is 0 Å². The van der Waals surface area contributed by atoms with E-state index in [4.69, 9.17) is 0 Å². The van der Waals surface area contributed by atoms with E-state index < -0.39 is 0 Å². The van der Waals surface area contributed by atoms with Crippen LogP contribution in [0, 0.1) is 0 Å². The molecule has 4 rings (SSSR count). The number of hydrogen-bond acceptors (Lipinski definition) is 6. The van der Waals surface area contributed by atoms with Crippen molar-refractivity contribution < 1.29 is 4.79 Å². The lowest BCUT2D eigenvalue weighted by molar-refractivity contribution is 0.189. The van der Waals surface area contributed by atoms with E-state index in [-0.39, 0.29) is 12.1 Å². The number of H-pyrrole nitrogens is 1. The Bertz CT molecular complexity index is 843. The van der Waals surface area contributed by atoms with Crippen LogP contribution in [-0.2, 0) is 6.54 Å². The van der Waals surface area contributed by atoms with Crippen LogP contribution in [0.25, 0.3) is 0 Å². The molecule has 0 aliphatic carbocycles. The molecule has 1 aliphatic rings. The van der Waals surface area contributed by atoms with E-state index in [0.29, 0.717) is 19.6 Å². The zero-order valence-corrected chi connectivity index (χ0v) is 15.5. The number of rotatable bonds is 6. The Hall–Kier alpha value is -3.43. The Balaban J connectivity index is 1.36. The topological polar surface area (TPSA) is 108 Å². The van der Waals surface area contributed by atoms with Gasteiger partial charge in [0.1, 0.15) is 19.0 Å². The monoisotopic (exact) mass is 381 g/mol. The molecule has 3 aromatic rings. The Kier molecular flexibility index (Phi) is 5.46. The van der Waals surface area contributed by atoms with Crippen LogP contribution in [0.1, 0.15) is 18.0 Å². The summed E-state index contributed by atoms with van der Waals surface area (Å²) in [6, 6.07) is 9.88. The summed E-state index contributed by atoms with van der Waals surface area (Å²) in [5, 5.41) is 14.1. The molecule has 0 spiro atoms. The Morgan fingerprint density at radius 2 is 1.96 bits per heavy atom. The molecule has 146 valence electrons. The fourth-order valence-electron chi connectivity index (χ4n) is 3.33. The average Bonchev–Trinajstić information content (AvgIpc) is 3.46. The summed E-state index contributed by atoms with van der Waals surface area (Å²) >= 11 is 0. The van der Waals surface area contributed by atoms with E-state index in [1.54, 1.807) is 11.0 Å². The van der Waals surface area contributed by atoms with Gasteiger partial charge >= 0.3 is 6.03 Å². The van der Waals surface area contributed by atoms with E-state index >= 15 is 0 Å². The summed E-state index contributed by atoms with van der Waals surface area (Å²) in [6.07, 6.45) is 5.43. The zero-order valence-electron chi connectivity index (χ0n) is 15.5. The van der Waals surface area contributed by atoms with Gasteiger partial charge in [-0.05, 0) is 12.0 Å². The fourth-order valence-corrected chi connectivity index (χ4v) is 3.33. The highest BCUT2D eigenvalue weighted by Gasteiger charge is 2.24. The third-order valence-corrected chi connectivity index (χ3v) is 4.88. The Morgan fingerprint density at radius 3 is 2.64 bits per heavy atom. The molecule has 0 radical (unpaired) electrons. The van der Waals surface area contributed by atoms with Crippen molar-refractivity contribution in [3.05, 3.63) is 54.9 Å². The number of amides is 2. The number of benzene rings is 1. The van der Waals surface area contributed by atoms with Gasteiger partial charge in [-0.1, -0.05) is 30.3 Å². The normalized spacial score (nSPS) is 15.4. The summed E-state index contributed by atoms with van der Waals surface area (Å²) in [7, 11) is 0. The molecule has 1 atom stereocenters. The lowest BCUT2D eigenvalue weighted by atomic mass is 10.0. The van der Waals surface area contributed by atoms with Crippen LogP contribution in [0.5, 0.6) is 0 Å². The van der Waals surface area contributed by atoms with Crippen molar-refractivity contribution >= 4 is 12.0 Å². The number of hydrogen-bond donors (Lipinski definition) is 2. The molecular formula is C18H23N9O. The molecule has 1 aromatic carbocycles. The summed E-state index contributed by atoms with van der Waals surface area (Å²) < 4.78 is 1.78. The molecule has 3 heterocycles. The summed E-state index contributed by atoms with van der Waals surface area (Å²) in [5.74, 6) is 0.745. The maximum atomic E-state index is 12.9. The number of aromatic nitrogens is 6. The molecule has 1 saturated heterocycles. The van der Waals surface area contributed by atoms with Crippen molar-refractivity contribution in [2.45, 2.75) is 19.0 Å². The summed E-state index contributed by atoms with van der Waals surface area (Å²) in [5.41, 5.74) is 1.08. The van der Waals surface area contributed by atoms with Gasteiger partial charge in [-0.2, -0.15) is 15.2 Å². The lowest BCUT2D eigenvalue weighted by Crippen LogP contribution is -2.52. The van der Waals surface area contributed by atoms with Gasteiger partial charge in [0, 0.05) is 32.7 Å². The van der Waals surface area contributed by atoms with Crippen molar-refractivity contribution in [1.82, 2.24) is 40.2 Å². The summed E-state index contributed by atoms with van der Waals surface area (Å²) in [6.45, 7) is 3.39. The second-order valence-electron chi connectivity index (χ2n) is 6.64. The minimum atomic E-state index is -0.0924. The van der Waals surface area contributed by atoms with E-state index in [9.17, 15) is 4.79 Å². The molecule has 1 fully saturated rings. The number of piperazine rings is 1. The van der Waals surface area contributed by atoms with Gasteiger partial charge in [-0.3, -0.25) is 4.68 Å². The van der Waals surface area contributed by atoms with Crippen LogP contribution in [0.3, 0.4) is 0 Å². The van der Waals surface area contributed by atoms with Crippen LogP contribution < -0.4 is 10.2 Å². The first-order valence-corrected chi connectivity index (χ1v) is 9.33. The molecule has 2 amide bonds. The first-order valence-electron chi connectivity index (χ1n) is 9.33. The van der Waals surface area contributed by atoms with Crippen molar-refractivity contribution in [3.63, 3.8) is 0 Å². The van der Waals surface area contributed by atoms with Gasteiger partial charge in [-0.15, -0.1) is 0 Å². The molecule has 0 unspecified atom stereocenters. The maximum absolute atomic E-state index is 12.9. The number of carbonyl (C=O) groups excluding carboxylic acids is 1. The molecule has 1 aliphatic heterocycles. The van der Waals surface area contributed by atoms with Crippen molar-refractivity contribution in [3.8, 4) is 0 Å². The smallest absolute Gasteiger partial charge is 0.318 e. The predicted octanol–water partition coefficient (Wildman–Crippen LogP) is 1.06. The van der Waals surface area contributed by atoms with Gasteiger partial charge in [0.05, 0.1) is 6.04 Å². The molecule has 0 bridgehead atoms. The highest BCUT2D eigenvalue weighted by Crippen LogP contribution is 2.18. The third-order valence-electron chi connectivity index (χ3n) is 4.88. The van der Waals surface area contributed by atoms with Gasteiger partial charge in [0.15, 0.2) is 0 Å². The second-order valence-corrected chi connectivity index (χ2v) is 6.64. The van der Waals surface area contributed by atoms with Crippen LogP contribution in [-0.4, -0.2) is 67.1 Å². The second kappa shape index (κ2) is 8.51. The zero-order chi connectivity index (χ0) is 19.2. The first kappa shape index (κ1) is 18.0. The number of aromatic amines is 1. The average molecular weight is 381 g/mol. The molecule has 10 nitrogen and oxygen atoms in total. The molecular weight excluding hydrogens is 358 g/mol. The number of anilines is 1. The third kappa shape index (κ3) is 4.27. The SMILES string of the molecule is O=C(N[C@H](CCn1cncn1)c1ccccc1)N1CCN(c2ncn[nH]2)CC1. The quantitative estimate of drug-likeness (QED) is 0.661. The van der Waals surface area contributed by atoms with E-state index in [0.717, 1.165) is 31.0 Å². The predicted molar refractivity (Wildman–Crippen MR) is 103 cm³/mol. The fraction of sp³-hybridized carbons (Fsp3) is 0.389. The molecule has 10 heteroatoms. The van der Waals surface area contributed by atoms with Gasteiger partial charge < -0.3 is 15.1 Å². The van der Waals surface area contributed by atoms with Crippen LogP contribution in [0.15, 0.2) is 49.3 Å².